The molecule has 0 saturated carbocycles. The molecule has 4 heteroatoms. The summed E-state index contributed by atoms with van der Waals surface area (Å²) in [5.41, 5.74) is 1.04. The van der Waals surface area contributed by atoms with Crippen LogP contribution in [0.15, 0.2) is 30.3 Å². The number of nitrogens with zero attached hydrogens (tertiary/aromatic N) is 1. The molecule has 0 radical (unpaired) electrons. The van der Waals surface area contributed by atoms with E-state index in [-0.39, 0.29) is 36.3 Å². The number of rotatable bonds is 7. The molecule has 1 aromatic rings. The third-order valence-electron chi connectivity index (χ3n) is 3.79. The van der Waals surface area contributed by atoms with Crippen LogP contribution in [0.25, 0.3) is 0 Å². The Morgan fingerprint density at radius 3 is 2.14 bits per heavy atom. The van der Waals surface area contributed by atoms with Gasteiger partial charge in [-0.05, 0) is 17.4 Å². The summed E-state index contributed by atoms with van der Waals surface area (Å²) in [4.78, 5) is 11.9. The van der Waals surface area contributed by atoms with Gasteiger partial charge < -0.3 is 9.94 Å². The number of carbonyl (C=O) groups is 1. The SMILES string of the molecule is COC(=O)[C@@H](CN(O)C(c1ccccc1)C(C)C)C(C)C. The lowest BCUT2D eigenvalue weighted by Gasteiger charge is -2.32. The Kier molecular flexibility index (Phi) is 6.85. The van der Waals surface area contributed by atoms with Crippen LogP contribution in [-0.4, -0.2) is 29.9 Å². The van der Waals surface area contributed by atoms with E-state index >= 15 is 0 Å². The summed E-state index contributed by atoms with van der Waals surface area (Å²) in [6.07, 6.45) is 0. The molecule has 0 spiro atoms. The van der Waals surface area contributed by atoms with E-state index in [2.05, 4.69) is 13.8 Å². The lowest BCUT2D eigenvalue weighted by Crippen LogP contribution is -2.38. The fourth-order valence-corrected chi connectivity index (χ4v) is 2.58. The lowest BCUT2D eigenvalue weighted by atomic mass is 9.92. The highest BCUT2D eigenvalue weighted by atomic mass is 16.5. The average molecular weight is 293 g/mol. The van der Waals surface area contributed by atoms with Gasteiger partial charge in [-0.1, -0.05) is 58.0 Å². The normalized spacial score (nSPS) is 14.5. The molecule has 4 nitrogen and oxygen atoms in total. The van der Waals surface area contributed by atoms with Gasteiger partial charge in [0.25, 0.3) is 0 Å². The van der Waals surface area contributed by atoms with Crippen molar-refractivity contribution in [2.75, 3.05) is 13.7 Å². The molecule has 0 aromatic heterocycles. The van der Waals surface area contributed by atoms with Gasteiger partial charge in [0.05, 0.1) is 19.1 Å². The maximum atomic E-state index is 11.9. The van der Waals surface area contributed by atoms with Crippen LogP contribution in [0.2, 0.25) is 0 Å². The van der Waals surface area contributed by atoms with E-state index in [1.54, 1.807) is 0 Å². The molecule has 2 atom stereocenters. The maximum Gasteiger partial charge on any atom is 0.310 e. The van der Waals surface area contributed by atoms with Crippen LogP contribution in [0.3, 0.4) is 0 Å². The molecule has 0 amide bonds. The zero-order chi connectivity index (χ0) is 16.0. The quantitative estimate of drug-likeness (QED) is 0.617. The van der Waals surface area contributed by atoms with Gasteiger partial charge in [-0.2, -0.15) is 5.06 Å². The number of hydroxylamine groups is 2. The highest BCUT2D eigenvalue weighted by Crippen LogP contribution is 2.29. The van der Waals surface area contributed by atoms with E-state index < -0.39 is 0 Å². The summed E-state index contributed by atoms with van der Waals surface area (Å²) >= 11 is 0. The summed E-state index contributed by atoms with van der Waals surface area (Å²) in [5.74, 6) is -0.289. The molecule has 21 heavy (non-hydrogen) atoms. The number of benzene rings is 1. The van der Waals surface area contributed by atoms with Gasteiger partial charge in [0.15, 0.2) is 0 Å². The minimum atomic E-state index is -0.343. The Morgan fingerprint density at radius 2 is 1.71 bits per heavy atom. The second kappa shape index (κ2) is 8.15. The molecule has 0 heterocycles. The molecule has 1 N–H and O–H groups in total. The monoisotopic (exact) mass is 293 g/mol. The number of methoxy groups -OCH3 is 1. The van der Waals surface area contributed by atoms with Crippen LogP contribution in [-0.2, 0) is 9.53 Å². The number of carbonyl (C=O) groups excluding carboxylic acids is 1. The molecule has 0 aliphatic heterocycles. The second-order valence-electron chi connectivity index (χ2n) is 6.10. The number of ether oxygens (including phenoxy) is 1. The van der Waals surface area contributed by atoms with Crippen LogP contribution in [0.4, 0.5) is 0 Å². The summed E-state index contributed by atoms with van der Waals surface area (Å²) in [6, 6.07) is 9.72. The van der Waals surface area contributed by atoms with Crippen molar-refractivity contribution in [3.05, 3.63) is 35.9 Å². The highest BCUT2D eigenvalue weighted by Gasteiger charge is 2.30. The standard InChI is InChI=1S/C17H27NO3/c1-12(2)15(17(19)21-5)11-18(20)16(13(3)4)14-9-7-6-8-10-14/h6-10,12-13,15-16,20H,11H2,1-5H3/t15-,16?/m0/s1. The summed E-state index contributed by atoms with van der Waals surface area (Å²) in [6.45, 7) is 8.31. The highest BCUT2D eigenvalue weighted by molar-refractivity contribution is 5.72. The fourth-order valence-electron chi connectivity index (χ4n) is 2.58. The molecule has 0 aliphatic rings. The molecular weight excluding hydrogens is 266 g/mol. The number of esters is 1. The molecule has 0 fully saturated rings. The summed E-state index contributed by atoms with van der Waals surface area (Å²) < 4.78 is 4.84. The average Bonchev–Trinajstić information content (AvgIpc) is 2.44. The molecule has 0 bridgehead atoms. The van der Waals surface area contributed by atoms with E-state index in [4.69, 9.17) is 4.74 Å². The maximum absolute atomic E-state index is 11.9. The zero-order valence-electron chi connectivity index (χ0n) is 13.6. The minimum Gasteiger partial charge on any atom is -0.469 e. The first kappa shape index (κ1) is 17.7. The van der Waals surface area contributed by atoms with E-state index in [1.165, 1.54) is 12.2 Å². The molecule has 1 aromatic carbocycles. The van der Waals surface area contributed by atoms with Gasteiger partial charge in [0.2, 0.25) is 0 Å². The number of hydrogen-bond acceptors (Lipinski definition) is 4. The van der Waals surface area contributed by atoms with Crippen molar-refractivity contribution in [1.82, 2.24) is 5.06 Å². The Labute approximate surface area is 127 Å². The van der Waals surface area contributed by atoms with Crippen molar-refractivity contribution in [1.29, 1.82) is 0 Å². The van der Waals surface area contributed by atoms with E-state index in [9.17, 15) is 10.0 Å². The topological polar surface area (TPSA) is 49.8 Å². The van der Waals surface area contributed by atoms with Crippen molar-refractivity contribution in [3.8, 4) is 0 Å². The van der Waals surface area contributed by atoms with Crippen LogP contribution >= 0.6 is 0 Å². The predicted molar refractivity (Wildman–Crippen MR) is 82.9 cm³/mol. The van der Waals surface area contributed by atoms with Crippen LogP contribution in [0.5, 0.6) is 0 Å². The van der Waals surface area contributed by atoms with Gasteiger partial charge >= 0.3 is 5.97 Å². The van der Waals surface area contributed by atoms with Crippen molar-refractivity contribution < 1.29 is 14.7 Å². The van der Waals surface area contributed by atoms with E-state index in [1.807, 2.05) is 44.2 Å². The van der Waals surface area contributed by atoms with Crippen LogP contribution < -0.4 is 0 Å². The largest absolute Gasteiger partial charge is 0.469 e. The molecule has 1 unspecified atom stereocenters. The number of hydrogen-bond donors (Lipinski definition) is 1. The van der Waals surface area contributed by atoms with Gasteiger partial charge in [-0.25, -0.2) is 0 Å². The van der Waals surface area contributed by atoms with Crippen molar-refractivity contribution in [3.63, 3.8) is 0 Å². The van der Waals surface area contributed by atoms with E-state index in [0.29, 0.717) is 0 Å². The Balaban J connectivity index is 2.91. The summed E-state index contributed by atoms with van der Waals surface area (Å²) in [7, 11) is 1.39. The van der Waals surface area contributed by atoms with E-state index in [0.717, 1.165) is 5.56 Å². The third-order valence-corrected chi connectivity index (χ3v) is 3.79. The van der Waals surface area contributed by atoms with Crippen molar-refractivity contribution >= 4 is 5.97 Å². The first-order valence-corrected chi connectivity index (χ1v) is 7.46. The molecular formula is C17H27NO3. The van der Waals surface area contributed by atoms with Crippen LogP contribution in [0, 0.1) is 17.8 Å². The third kappa shape index (κ3) is 4.83. The van der Waals surface area contributed by atoms with Gasteiger partial charge in [0, 0.05) is 6.54 Å². The first-order valence-electron chi connectivity index (χ1n) is 7.46. The van der Waals surface area contributed by atoms with Gasteiger partial charge in [-0.15, -0.1) is 0 Å². The Morgan fingerprint density at radius 1 is 1.14 bits per heavy atom. The van der Waals surface area contributed by atoms with Gasteiger partial charge in [0.1, 0.15) is 0 Å². The van der Waals surface area contributed by atoms with Crippen LogP contribution in [0.1, 0.15) is 39.3 Å². The predicted octanol–water partition coefficient (Wildman–Crippen LogP) is 3.52. The molecule has 0 aliphatic carbocycles. The first-order chi connectivity index (χ1) is 9.88. The van der Waals surface area contributed by atoms with Gasteiger partial charge in [-0.3, -0.25) is 4.79 Å². The Hall–Kier alpha value is -1.39. The smallest absolute Gasteiger partial charge is 0.310 e. The molecule has 1 rings (SSSR count). The van der Waals surface area contributed by atoms with Crippen molar-refractivity contribution in [2.45, 2.75) is 33.7 Å². The summed E-state index contributed by atoms with van der Waals surface area (Å²) in [5, 5.41) is 11.8. The minimum absolute atomic E-state index is 0.107. The Bertz CT molecular complexity index is 431. The second-order valence-corrected chi connectivity index (χ2v) is 6.10. The lowest BCUT2D eigenvalue weighted by molar-refractivity contribution is -0.170. The fraction of sp³-hybridized carbons (Fsp3) is 0.588. The van der Waals surface area contributed by atoms with Crippen molar-refractivity contribution in [2.24, 2.45) is 17.8 Å². The zero-order valence-corrected chi connectivity index (χ0v) is 13.6. The molecule has 0 saturated heterocycles. The molecule has 118 valence electrons.